The topological polar surface area (TPSA) is 83.8 Å². The maximum Gasteiger partial charge on any atom is 0.334 e. The fraction of sp³-hybridized carbons (Fsp3) is 0.818. The molecular weight excluding hydrogens is 212 g/mol. The van der Waals surface area contributed by atoms with Crippen molar-refractivity contribution in [1.82, 2.24) is 0 Å². The van der Waals surface area contributed by atoms with E-state index in [9.17, 15) is 9.59 Å². The summed E-state index contributed by atoms with van der Waals surface area (Å²) in [6, 6.07) is 0. The first kappa shape index (κ1) is 20.5. The first-order valence-corrected chi connectivity index (χ1v) is 5.15. The van der Waals surface area contributed by atoms with Gasteiger partial charge < -0.3 is 19.7 Å². The number of aliphatic hydroxyl groups is 2. The van der Waals surface area contributed by atoms with Crippen LogP contribution in [-0.4, -0.2) is 40.8 Å². The molecule has 1 atom stereocenters. The van der Waals surface area contributed by atoms with Gasteiger partial charge in [0.1, 0.15) is 11.9 Å². The molecule has 0 saturated carbocycles. The second kappa shape index (κ2) is 14.1. The molecule has 5 nitrogen and oxygen atoms in total. The van der Waals surface area contributed by atoms with Gasteiger partial charge in [0.15, 0.2) is 0 Å². The Bertz CT molecular complexity index is 168. The zero-order valence-corrected chi connectivity index (χ0v) is 11.0. The molecule has 0 aromatic carbocycles. The molecule has 98 valence electrons. The summed E-state index contributed by atoms with van der Waals surface area (Å²) in [5, 5.41) is 16.5. The van der Waals surface area contributed by atoms with Gasteiger partial charge in [-0.2, -0.15) is 0 Å². The number of rotatable bonds is 2. The highest BCUT2D eigenvalue weighted by Crippen LogP contribution is 1.84. The normalized spacial score (nSPS) is 10.3. The maximum absolute atomic E-state index is 10.3. The monoisotopic (exact) mass is 236 g/mol. The van der Waals surface area contributed by atoms with Gasteiger partial charge >= 0.3 is 5.97 Å². The molecule has 0 saturated heterocycles. The summed E-state index contributed by atoms with van der Waals surface area (Å²) < 4.78 is 4.41. The van der Waals surface area contributed by atoms with Crippen LogP contribution >= 0.6 is 0 Å². The Morgan fingerprint density at radius 3 is 1.44 bits per heavy atom. The molecule has 2 N–H and O–H groups in total. The quantitative estimate of drug-likeness (QED) is 0.696. The highest BCUT2D eigenvalue weighted by molar-refractivity contribution is 5.73. The summed E-state index contributed by atoms with van der Waals surface area (Å²) in [5.41, 5.74) is 0. The molecule has 0 aromatic rings. The predicted octanol–water partition coefficient (Wildman–Crippen LogP) is 0.913. The molecule has 0 aliphatic carbocycles. The first-order chi connectivity index (χ1) is 7.14. The van der Waals surface area contributed by atoms with Crippen LogP contribution in [0.4, 0.5) is 0 Å². The summed E-state index contributed by atoms with van der Waals surface area (Å²) >= 11 is 0. The number of carbonyl (C=O) groups is 2. The van der Waals surface area contributed by atoms with Crippen molar-refractivity contribution in [1.29, 1.82) is 0 Å². The van der Waals surface area contributed by atoms with Crippen molar-refractivity contribution in [3.05, 3.63) is 0 Å². The van der Waals surface area contributed by atoms with Crippen LogP contribution in [0.5, 0.6) is 0 Å². The Kier molecular flexibility index (Phi) is 18.0. The van der Waals surface area contributed by atoms with Crippen LogP contribution in [0.15, 0.2) is 0 Å². The van der Waals surface area contributed by atoms with E-state index >= 15 is 0 Å². The molecule has 5 heteroatoms. The van der Waals surface area contributed by atoms with E-state index in [-0.39, 0.29) is 11.9 Å². The Morgan fingerprint density at radius 1 is 1.12 bits per heavy atom. The van der Waals surface area contributed by atoms with Crippen LogP contribution < -0.4 is 0 Å². The number of esters is 1. The SMILES string of the molecule is CC(C)=O.CC(C)O.CCOC(=O)C(C)O. The van der Waals surface area contributed by atoms with Gasteiger partial charge in [-0.15, -0.1) is 0 Å². The third kappa shape index (κ3) is 51.7. The lowest BCUT2D eigenvalue weighted by atomic mass is 10.4. The van der Waals surface area contributed by atoms with Gasteiger partial charge in [0.05, 0.1) is 6.61 Å². The largest absolute Gasteiger partial charge is 0.464 e. The van der Waals surface area contributed by atoms with Crippen LogP contribution in [0.25, 0.3) is 0 Å². The van der Waals surface area contributed by atoms with Crippen LogP contribution in [0.3, 0.4) is 0 Å². The Balaban J connectivity index is -0.000000179. The molecule has 0 heterocycles. The third-order valence-corrected chi connectivity index (χ3v) is 0.628. The number of hydrogen-bond donors (Lipinski definition) is 2. The molecular formula is C11H24O5. The standard InChI is InChI=1S/C5H10O3.C3H8O.C3H6O/c1-3-8-5(7)4(2)6;2*1-3(2)4/h4,6H,3H2,1-2H3;3-4H,1-2H3;1-2H3. The van der Waals surface area contributed by atoms with E-state index in [1.54, 1.807) is 20.8 Å². The maximum atomic E-state index is 10.3. The predicted molar refractivity (Wildman–Crippen MR) is 62.0 cm³/mol. The number of Topliss-reactive ketones (excluding diaryl/α,β-unsaturated/α-hetero) is 1. The smallest absolute Gasteiger partial charge is 0.334 e. The minimum absolute atomic E-state index is 0.167. The van der Waals surface area contributed by atoms with Gasteiger partial charge in [-0.1, -0.05) is 0 Å². The van der Waals surface area contributed by atoms with Crippen molar-refractivity contribution in [2.75, 3.05) is 6.61 Å². The molecule has 1 unspecified atom stereocenters. The zero-order valence-electron chi connectivity index (χ0n) is 11.0. The van der Waals surface area contributed by atoms with Gasteiger partial charge in [-0.25, -0.2) is 4.79 Å². The van der Waals surface area contributed by atoms with E-state index in [0.717, 1.165) is 0 Å². The van der Waals surface area contributed by atoms with Crippen molar-refractivity contribution in [3.8, 4) is 0 Å². The van der Waals surface area contributed by atoms with Gasteiger partial charge in [0.25, 0.3) is 0 Å². The average molecular weight is 236 g/mol. The van der Waals surface area contributed by atoms with E-state index in [0.29, 0.717) is 6.61 Å². The fourth-order valence-corrected chi connectivity index (χ4v) is 0.263. The Hall–Kier alpha value is -0.940. The van der Waals surface area contributed by atoms with Gasteiger partial charge in [0, 0.05) is 6.10 Å². The fourth-order valence-electron chi connectivity index (χ4n) is 0.263. The molecule has 16 heavy (non-hydrogen) atoms. The second-order valence-electron chi connectivity index (χ2n) is 3.43. The number of aliphatic hydroxyl groups excluding tert-OH is 2. The molecule has 0 spiro atoms. The highest BCUT2D eigenvalue weighted by atomic mass is 16.5. The highest BCUT2D eigenvalue weighted by Gasteiger charge is 2.07. The van der Waals surface area contributed by atoms with Gasteiger partial charge in [-0.3, -0.25) is 0 Å². The summed E-state index contributed by atoms with van der Waals surface area (Å²) in [5.74, 6) is -0.396. The van der Waals surface area contributed by atoms with Gasteiger partial charge in [-0.05, 0) is 41.5 Å². The number of ketones is 1. The Labute approximate surface area is 97.4 Å². The third-order valence-electron chi connectivity index (χ3n) is 0.628. The van der Waals surface area contributed by atoms with E-state index in [1.807, 2.05) is 0 Å². The van der Waals surface area contributed by atoms with E-state index in [4.69, 9.17) is 10.2 Å². The first-order valence-electron chi connectivity index (χ1n) is 5.15. The summed E-state index contributed by atoms with van der Waals surface area (Å²) in [6.07, 6.45) is -1.16. The number of ether oxygens (including phenoxy) is 1. The van der Waals surface area contributed by atoms with Crippen molar-refractivity contribution < 1.29 is 24.5 Å². The molecule has 0 amide bonds. The molecule has 0 fully saturated rings. The summed E-state index contributed by atoms with van der Waals surface area (Å²) in [6.45, 7) is 9.89. The molecule has 0 aliphatic rings. The van der Waals surface area contributed by atoms with Crippen molar-refractivity contribution >= 4 is 11.8 Å². The molecule has 0 aliphatic heterocycles. The van der Waals surface area contributed by atoms with Crippen LogP contribution in [0.1, 0.15) is 41.5 Å². The minimum atomic E-state index is -0.991. The molecule has 0 aromatic heterocycles. The molecule has 0 bridgehead atoms. The Morgan fingerprint density at radius 2 is 1.38 bits per heavy atom. The van der Waals surface area contributed by atoms with E-state index < -0.39 is 12.1 Å². The number of carbonyl (C=O) groups excluding carboxylic acids is 2. The van der Waals surface area contributed by atoms with Gasteiger partial charge in [0.2, 0.25) is 0 Å². The zero-order chi connectivity index (χ0) is 13.7. The number of hydrogen-bond acceptors (Lipinski definition) is 5. The molecule has 0 rings (SSSR count). The lowest BCUT2D eigenvalue weighted by Crippen LogP contribution is -2.18. The van der Waals surface area contributed by atoms with Crippen LogP contribution in [-0.2, 0) is 14.3 Å². The van der Waals surface area contributed by atoms with Crippen LogP contribution in [0.2, 0.25) is 0 Å². The van der Waals surface area contributed by atoms with Crippen molar-refractivity contribution in [3.63, 3.8) is 0 Å². The lowest BCUT2D eigenvalue weighted by Gasteiger charge is -2.01. The average Bonchev–Trinajstić information content (AvgIpc) is 2.02. The summed E-state index contributed by atoms with van der Waals surface area (Å²) in [7, 11) is 0. The van der Waals surface area contributed by atoms with Crippen molar-refractivity contribution in [2.24, 2.45) is 0 Å². The van der Waals surface area contributed by atoms with Crippen LogP contribution in [0, 0.1) is 0 Å². The van der Waals surface area contributed by atoms with E-state index in [2.05, 4.69) is 4.74 Å². The summed E-state index contributed by atoms with van der Waals surface area (Å²) in [4.78, 5) is 19.7. The second-order valence-corrected chi connectivity index (χ2v) is 3.43. The molecule has 0 radical (unpaired) electrons. The lowest BCUT2D eigenvalue weighted by molar-refractivity contribution is -0.151. The minimum Gasteiger partial charge on any atom is -0.464 e. The van der Waals surface area contributed by atoms with E-state index in [1.165, 1.54) is 20.8 Å². The van der Waals surface area contributed by atoms with Crippen molar-refractivity contribution in [2.45, 2.75) is 53.8 Å².